The molecule has 0 aliphatic rings. The molecule has 0 radical (unpaired) electrons. The number of ether oxygens (including phenoxy) is 2. The third-order valence-corrected chi connectivity index (χ3v) is 6.68. The summed E-state index contributed by atoms with van der Waals surface area (Å²) in [5, 5.41) is 13.8. The lowest BCUT2D eigenvalue weighted by Gasteiger charge is -2.11. The topological polar surface area (TPSA) is 101 Å². The first kappa shape index (κ1) is 23.6. The highest BCUT2D eigenvalue weighted by molar-refractivity contribution is 7.98. The van der Waals surface area contributed by atoms with Gasteiger partial charge in [0.05, 0.1) is 31.2 Å². The number of aromatic nitrogens is 6. The Labute approximate surface area is 212 Å². The van der Waals surface area contributed by atoms with Crippen molar-refractivity contribution in [3.8, 4) is 40.0 Å². The van der Waals surface area contributed by atoms with Crippen LogP contribution in [-0.2, 0) is 5.75 Å². The molecule has 0 fully saturated rings. The predicted molar refractivity (Wildman–Crippen MR) is 136 cm³/mol. The van der Waals surface area contributed by atoms with Gasteiger partial charge < -0.3 is 14.0 Å². The van der Waals surface area contributed by atoms with E-state index in [1.54, 1.807) is 32.7 Å². The lowest BCUT2D eigenvalue weighted by molar-refractivity contribution is 0.388. The smallest absolute Gasteiger partial charge is 0.237 e. The van der Waals surface area contributed by atoms with Gasteiger partial charge in [0.25, 0.3) is 0 Å². The molecule has 9 nitrogen and oxygen atoms in total. The normalized spacial score (nSPS) is 11.0. The molecule has 0 spiro atoms. The van der Waals surface area contributed by atoms with E-state index in [0.717, 1.165) is 22.6 Å². The second-order valence-electron chi connectivity index (χ2n) is 8.01. The van der Waals surface area contributed by atoms with Crippen LogP contribution in [0.3, 0.4) is 0 Å². The molecule has 10 heteroatoms. The zero-order valence-electron chi connectivity index (χ0n) is 20.3. The summed E-state index contributed by atoms with van der Waals surface area (Å²) < 4.78 is 18.3. The van der Waals surface area contributed by atoms with Crippen molar-refractivity contribution in [1.29, 1.82) is 0 Å². The third-order valence-electron chi connectivity index (χ3n) is 5.76. The van der Waals surface area contributed by atoms with E-state index >= 15 is 0 Å². The van der Waals surface area contributed by atoms with E-state index in [1.165, 1.54) is 22.9 Å². The highest BCUT2D eigenvalue weighted by atomic mass is 32.2. The largest absolute Gasteiger partial charge is 0.497 e. The Bertz CT molecular complexity index is 1500. The Morgan fingerprint density at radius 2 is 1.75 bits per heavy atom. The van der Waals surface area contributed by atoms with Crippen molar-refractivity contribution in [2.75, 3.05) is 14.2 Å². The Morgan fingerprint density at radius 1 is 0.917 bits per heavy atom. The number of rotatable bonds is 8. The Hall–Kier alpha value is -4.18. The summed E-state index contributed by atoms with van der Waals surface area (Å²) in [5.74, 6) is 3.35. The molecular formula is C26H24N6O3S. The van der Waals surface area contributed by atoms with Crippen molar-refractivity contribution < 1.29 is 14.0 Å². The molecule has 0 amide bonds. The molecule has 36 heavy (non-hydrogen) atoms. The molecule has 3 aromatic heterocycles. The lowest BCUT2D eigenvalue weighted by Crippen LogP contribution is -2.01. The quantitative estimate of drug-likeness (QED) is 0.262. The van der Waals surface area contributed by atoms with Crippen molar-refractivity contribution >= 4 is 11.8 Å². The van der Waals surface area contributed by atoms with Crippen LogP contribution in [0.2, 0.25) is 0 Å². The van der Waals surface area contributed by atoms with Crippen molar-refractivity contribution in [3.63, 3.8) is 0 Å². The van der Waals surface area contributed by atoms with Crippen molar-refractivity contribution in [3.05, 3.63) is 77.9 Å². The number of benzene rings is 2. The van der Waals surface area contributed by atoms with E-state index in [-0.39, 0.29) is 0 Å². The highest BCUT2D eigenvalue weighted by Gasteiger charge is 2.19. The molecule has 0 aliphatic carbocycles. The molecule has 5 aromatic rings. The fraction of sp³-hybridized carbons (Fsp3) is 0.192. The molecule has 0 aliphatic heterocycles. The maximum atomic E-state index is 5.53. The number of hydrogen-bond acceptors (Lipinski definition) is 9. The minimum atomic E-state index is 0.421. The van der Waals surface area contributed by atoms with Crippen LogP contribution in [0, 0.1) is 13.8 Å². The van der Waals surface area contributed by atoms with Gasteiger partial charge in [0.15, 0.2) is 11.0 Å². The first-order valence-corrected chi connectivity index (χ1v) is 12.2. The zero-order valence-corrected chi connectivity index (χ0v) is 21.1. The average molecular weight is 501 g/mol. The highest BCUT2D eigenvalue weighted by Crippen LogP contribution is 2.33. The van der Waals surface area contributed by atoms with Crippen LogP contribution in [0.5, 0.6) is 11.5 Å². The SMILES string of the molecule is COc1ccc(-c2noc(CSc3nnc(-c4ccncc4)n3-c3ccc(C)c(C)c3)n2)c(OC)c1. The van der Waals surface area contributed by atoms with Gasteiger partial charge in [0.2, 0.25) is 11.7 Å². The van der Waals surface area contributed by atoms with Gasteiger partial charge in [-0.2, -0.15) is 4.98 Å². The summed E-state index contributed by atoms with van der Waals surface area (Å²) in [6.45, 7) is 4.19. The van der Waals surface area contributed by atoms with Gasteiger partial charge in [-0.25, -0.2) is 0 Å². The number of nitrogens with zero attached hydrogens (tertiary/aromatic N) is 6. The maximum Gasteiger partial charge on any atom is 0.237 e. The predicted octanol–water partition coefficient (Wildman–Crippen LogP) is 5.31. The third kappa shape index (κ3) is 4.67. The molecule has 5 rings (SSSR count). The van der Waals surface area contributed by atoms with E-state index in [1.807, 2.05) is 28.8 Å². The van der Waals surface area contributed by atoms with Crippen LogP contribution >= 0.6 is 11.8 Å². The van der Waals surface area contributed by atoms with Crippen LogP contribution in [0.4, 0.5) is 0 Å². The molecule has 3 heterocycles. The van der Waals surface area contributed by atoms with Crippen molar-refractivity contribution in [2.45, 2.75) is 24.8 Å². The Kier molecular flexibility index (Phi) is 6.68. The number of thioether (sulfide) groups is 1. The Balaban J connectivity index is 1.44. The van der Waals surface area contributed by atoms with Gasteiger partial charge in [0.1, 0.15) is 11.5 Å². The van der Waals surface area contributed by atoms with Crippen LogP contribution < -0.4 is 9.47 Å². The van der Waals surface area contributed by atoms with Crippen LogP contribution in [0.15, 0.2) is 70.6 Å². The van der Waals surface area contributed by atoms with Gasteiger partial charge in [0, 0.05) is 24.0 Å². The molecule has 0 unspecified atom stereocenters. The second-order valence-corrected chi connectivity index (χ2v) is 8.96. The van der Waals surface area contributed by atoms with Gasteiger partial charge in [-0.3, -0.25) is 9.55 Å². The summed E-state index contributed by atoms with van der Waals surface area (Å²) in [5.41, 5.74) is 5.03. The second kappa shape index (κ2) is 10.2. The molecule has 0 saturated carbocycles. The number of hydrogen-bond donors (Lipinski definition) is 0. The minimum Gasteiger partial charge on any atom is -0.497 e. The standard InChI is InChI=1S/C26H24N6O3S/c1-16-5-6-19(13-17(16)2)32-25(18-9-11-27-12-10-18)29-30-26(32)36-15-23-28-24(31-35-23)21-8-7-20(33-3)14-22(21)34-4/h5-14H,15H2,1-4H3. The van der Waals surface area contributed by atoms with Gasteiger partial charge in [-0.05, 0) is 61.4 Å². The fourth-order valence-corrected chi connectivity index (χ4v) is 4.47. The number of pyridine rings is 1. The van der Waals surface area contributed by atoms with E-state index in [9.17, 15) is 0 Å². The van der Waals surface area contributed by atoms with Gasteiger partial charge in [-0.1, -0.05) is 23.0 Å². The fourth-order valence-electron chi connectivity index (χ4n) is 3.68. The summed E-state index contributed by atoms with van der Waals surface area (Å²) in [4.78, 5) is 8.69. The molecule has 0 bridgehead atoms. The Morgan fingerprint density at radius 3 is 2.50 bits per heavy atom. The number of aryl methyl sites for hydroxylation is 2. The van der Waals surface area contributed by atoms with Crippen LogP contribution in [0.1, 0.15) is 17.0 Å². The molecule has 2 aromatic carbocycles. The number of methoxy groups -OCH3 is 2. The molecule has 182 valence electrons. The van der Waals surface area contributed by atoms with Gasteiger partial charge in [-0.15, -0.1) is 10.2 Å². The summed E-state index contributed by atoms with van der Waals surface area (Å²) in [7, 11) is 3.20. The van der Waals surface area contributed by atoms with Crippen LogP contribution in [0.25, 0.3) is 28.5 Å². The molecule has 0 saturated heterocycles. The minimum absolute atomic E-state index is 0.421. The summed E-state index contributed by atoms with van der Waals surface area (Å²) in [6.07, 6.45) is 3.49. The lowest BCUT2D eigenvalue weighted by atomic mass is 10.1. The van der Waals surface area contributed by atoms with Crippen molar-refractivity contribution in [2.24, 2.45) is 0 Å². The summed E-state index contributed by atoms with van der Waals surface area (Å²) >= 11 is 1.47. The van der Waals surface area contributed by atoms with E-state index in [4.69, 9.17) is 14.0 Å². The maximum absolute atomic E-state index is 5.53. The zero-order chi connectivity index (χ0) is 25.1. The average Bonchev–Trinajstić information content (AvgIpc) is 3.56. The first-order chi connectivity index (χ1) is 17.6. The molecule has 0 N–H and O–H groups in total. The van der Waals surface area contributed by atoms with E-state index < -0.39 is 0 Å². The van der Waals surface area contributed by atoms with E-state index in [0.29, 0.717) is 34.1 Å². The first-order valence-electron chi connectivity index (χ1n) is 11.2. The molecular weight excluding hydrogens is 476 g/mol. The summed E-state index contributed by atoms with van der Waals surface area (Å²) in [6, 6.07) is 15.6. The van der Waals surface area contributed by atoms with Crippen LogP contribution in [-0.4, -0.2) is 44.1 Å². The van der Waals surface area contributed by atoms with Gasteiger partial charge >= 0.3 is 0 Å². The molecule has 0 atom stereocenters. The van der Waals surface area contributed by atoms with E-state index in [2.05, 4.69) is 57.4 Å². The van der Waals surface area contributed by atoms with Crippen molar-refractivity contribution in [1.82, 2.24) is 29.9 Å². The monoisotopic (exact) mass is 500 g/mol.